The fourth-order valence-corrected chi connectivity index (χ4v) is 4.45. The van der Waals surface area contributed by atoms with Crippen LogP contribution in [0.1, 0.15) is 18.7 Å². The van der Waals surface area contributed by atoms with Gasteiger partial charge in [-0.25, -0.2) is 8.42 Å². The van der Waals surface area contributed by atoms with Crippen LogP contribution >= 0.6 is 11.3 Å². The lowest BCUT2D eigenvalue weighted by Crippen LogP contribution is -2.29. The molecule has 16 heavy (non-hydrogen) atoms. The van der Waals surface area contributed by atoms with Gasteiger partial charge in [-0.3, -0.25) is 0 Å². The van der Waals surface area contributed by atoms with E-state index in [4.69, 9.17) is 5.73 Å². The zero-order chi connectivity index (χ0) is 12.2. The van der Waals surface area contributed by atoms with E-state index >= 15 is 0 Å². The van der Waals surface area contributed by atoms with E-state index in [1.165, 1.54) is 15.6 Å². The highest BCUT2D eigenvalue weighted by atomic mass is 32.2. The first-order chi connectivity index (χ1) is 7.56. The molecule has 92 valence electrons. The zero-order valence-electron chi connectivity index (χ0n) is 9.64. The summed E-state index contributed by atoms with van der Waals surface area (Å²) >= 11 is 1.31. The van der Waals surface area contributed by atoms with E-state index in [9.17, 15) is 8.42 Å². The summed E-state index contributed by atoms with van der Waals surface area (Å²) < 4.78 is 26.1. The molecule has 6 heteroatoms. The number of hydrogen-bond acceptors (Lipinski definition) is 4. The number of nitrogens with zero attached hydrogens (tertiary/aromatic N) is 1. The molecule has 0 bridgehead atoms. The normalized spacial score (nSPS) is 12.2. The second-order valence-corrected chi connectivity index (χ2v) is 6.68. The van der Waals surface area contributed by atoms with E-state index in [1.54, 1.807) is 6.07 Å². The Hall–Kier alpha value is -0.430. The van der Waals surface area contributed by atoms with Gasteiger partial charge in [-0.2, -0.15) is 4.31 Å². The van der Waals surface area contributed by atoms with Crippen LogP contribution in [0.15, 0.2) is 16.3 Å². The first-order valence-corrected chi connectivity index (χ1v) is 7.60. The highest BCUT2D eigenvalue weighted by Crippen LogP contribution is 2.24. The SMILES string of the molecule is CCN(CC)S(=O)(=O)c1ccc(CCN)s1. The number of rotatable bonds is 6. The summed E-state index contributed by atoms with van der Waals surface area (Å²) in [6, 6.07) is 3.51. The second-order valence-electron chi connectivity index (χ2n) is 3.35. The van der Waals surface area contributed by atoms with Crippen molar-refractivity contribution in [3.63, 3.8) is 0 Å². The Kier molecular flexibility index (Phi) is 4.91. The summed E-state index contributed by atoms with van der Waals surface area (Å²) in [5.74, 6) is 0. The molecular formula is C10H18N2O2S2. The fourth-order valence-electron chi connectivity index (χ4n) is 1.46. The molecule has 0 saturated heterocycles. The molecule has 0 aromatic carbocycles. The third-order valence-electron chi connectivity index (χ3n) is 2.33. The monoisotopic (exact) mass is 262 g/mol. The molecule has 0 aliphatic carbocycles. The molecule has 0 aliphatic heterocycles. The summed E-state index contributed by atoms with van der Waals surface area (Å²) in [5, 5.41) is 0. The Labute approximate surface area is 101 Å². The molecule has 1 heterocycles. The molecule has 0 fully saturated rings. The largest absolute Gasteiger partial charge is 0.330 e. The molecule has 0 radical (unpaired) electrons. The minimum atomic E-state index is -3.29. The summed E-state index contributed by atoms with van der Waals surface area (Å²) in [6.45, 7) is 5.24. The van der Waals surface area contributed by atoms with Crippen molar-refractivity contribution in [2.24, 2.45) is 5.73 Å². The van der Waals surface area contributed by atoms with Gasteiger partial charge in [0.15, 0.2) is 0 Å². The highest BCUT2D eigenvalue weighted by Gasteiger charge is 2.23. The summed E-state index contributed by atoms with van der Waals surface area (Å²) in [7, 11) is -3.29. The van der Waals surface area contributed by atoms with Crippen LogP contribution in [0.4, 0.5) is 0 Å². The van der Waals surface area contributed by atoms with Crippen molar-refractivity contribution >= 4 is 21.4 Å². The third kappa shape index (κ3) is 2.82. The van der Waals surface area contributed by atoms with E-state index in [2.05, 4.69) is 0 Å². The number of nitrogens with two attached hydrogens (primary N) is 1. The van der Waals surface area contributed by atoms with Crippen LogP contribution in [0.2, 0.25) is 0 Å². The van der Waals surface area contributed by atoms with Gasteiger partial charge in [0.1, 0.15) is 4.21 Å². The molecule has 0 amide bonds. The van der Waals surface area contributed by atoms with Crippen LogP contribution < -0.4 is 5.73 Å². The fraction of sp³-hybridized carbons (Fsp3) is 0.600. The molecule has 0 unspecified atom stereocenters. The summed E-state index contributed by atoms with van der Waals surface area (Å²) in [5.41, 5.74) is 5.44. The van der Waals surface area contributed by atoms with Gasteiger partial charge in [0.2, 0.25) is 0 Å². The van der Waals surface area contributed by atoms with E-state index in [-0.39, 0.29) is 0 Å². The Bertz CT molecular complexity index is 422. The summed E-state index contributed by atoms with van der Waals surface area (Å²) in [4.78, 5) is 1.02. The Morgan fingerprint density at radius 2 is 1.94 bits per heavy atom. The van der Waals surface area contributed by atoms with Crippen LogP contribution in [-0.2, 0) is 16.4 Å². The quantitative estimate of drug-likeness (QED) is 0.840. The van der Waals surface area contributed by atoms with Crippen LogP contribution in [0.25, 0.3) is 0 Å². The van der Waals surface area contributed by atoms with E-state index in [0.717, 1.165) is 11.3 Å². The van der Waals surface area contributed by atoms with E-state index < -0.39 is 10.0 Å². The first kappa shape index (κ1) is 13.6. The molecule has 0 atom stereocenters. The van der Waals surface area contributed by atoms with Crippen molar-refractivity contribution in [2.45, 2.75) is 24.5 Å². The molecule has 2 N–H and O–H groups in total. The van der Waals surface area contributed by atoms with Crippen LogP contribution in [0, 0.1) is 0 Å². The van der Waals surface area contributed by atoms with Gasteiger partial charge in [0.05, 0.1) is 0 Å². The first-order valence-electron chi connectivity index (χ1n) is 5.35. The average molecular weight is 262 g/mol. The van der Waals surface area contributed by atoms with Crippen molar-refractivity contribution in [1.29, 1.82) is 0 Å². The van der Waals surface area contributed by atoms with Gasteiger partial charge >= 0.3 is 0 Å². The molecule has 4 nitrogen and oxygen atoms in total. The molecule has 1 aromatic heterocycles. The molecule has 1 aromatic rings. The van der Waals surface area contributed by atoms with Crippen molar-refractivity contribution in [3.05, 3.63) is 17.0 Å². The predicted octanol–water partition coefficient (Wildman–Crippen LogP) is 1.28. The molecular weight excluding hydrogens is 244 g/mol. The minimum absolute atomic E-state index is 0.416. The van der Waals surface area contributed by atoms with Gasteiger partial charge < -0.3 is 5.73 Å². The predicted molar refractivity (Wildman–Crippen MR) is 67.2 cm³/mol. The van der Waals surface area contributed by atoms with E-state index in [1.807, 2.05) is 19.9 Å². The van der Waals surface area contributed by atoms with Crippen LogP contribution in [-0.4, -0.2) is 32.4 Å². The number of hydrogen-bond donors (Lipinski definition) is 1. The van der Waals surface area contributed by atoms with Gasteiger partial charge in [0, 0.05) is 18.0 Å². The second kappa shape index (κ2) is 5.77. The number of thiophene rings is 1. The minimum Gasteiger partial charge on any atom is -0.330 e. The molecule has 0 aliphatic rings. The Balaban J connectivity index is 2.97. The van der Waals surface area contributed by atoms with Gasteiger partial charge in [-0.15, -0.1) is 11.3 Å². The maximum Gasteiger partial charge on any atom is 0.252 e. The standard InChI is InChI=1S/C10H18N2O2S2/c1-3-12(4-2)16(13,14)10-6-5-9(15-10)7-8-11/h5-6H,3-4,7-8,11H2,1-2H3. The maximum atomic E-state index is 12.1. The smallest absolute Gasteiger partial charge is 0.252 e. The average Bonchev–Trinajstić information content (AvgIpc) is 2.69. The van der Waals surface area contributed by atoms with Crippen molar-refractivity contribution in [1.82, 2.24) is 4.31 Å². The Morgan fingerprint density at radius 3 is 2.44 bits per heavy atom. The molecule has 0 spiro atoms. The molecule has 0 saturated carbocycles. The maximum absolute atomic E-state index is 12.1. The van der Waals surface area contributed by atoms with Crippen molar-refractivity contribution < 1.29 is 8.42 Å². The highest BCUT2D eigenvalue weighted by molar-refractivity contribution is 7.91. The lowest BCUT2D eigenvalue weighted by Gasteiger charge is -2.16. The van der Waals surface area contributed by atoms with Gasteiger partial charge in [-0.1, -0.05) is 13.8 Å². The zero-order valence-corrected chi connectivity index (χ0v) is 11.3. The number of sulfonamides is 1. The van der Waals surface area contributed by atoms with Crippen molar-refractivity contribution in [3.8, 4) is 0 Å². The molecule has 1 rings (SSSR count). The van der Waals surface area contributed by atoms with Crippen LogP contribution in [0.3, 0.4) is 0 Å². The third-order valence-corrected chi connectivity index (χ3v) is 5.99. The lowest BCUT2D eigenvalue weighted by molar-refractivity contribution is 0.447. The van der Waals surface area contributed by atoms with Crippen molar-refractivity contribution in [2.75, 3.05) is 19.6 Å². The summed E-state index contributed by atoms with van der Waals surface area (Å²) in [6.07, 6.45) is 0.735. The van der Waals surface area contributed by atoms with E-state index in [0.29, 0.717) is 23.8 Å². The van der Waals surface area contributed by atoms with Crippen LogP contribution in [0.5, 0.6) is 0 Å². The lowest BCUT2D eigenvalue weighted by atomic mass is 10.3. The van der Waals surface area contributed by atoms with Gasteiger partial charge in [0.25, 0.3) is 10.0 Å². The topological polar surface area (TPSA) is 63.4 Å². The van der Waals surface area contributed by atoms with Gasteiger partial charge in [-0.05, 0) is 25.1 Å². The Morgan fingerprint density at radius 1 is 1.31 bits per heavy atom.